The van der Waals surface area contributed by atoms with E-state index in [1.54, 1.807) is 40.9 Å². The van der Waals surface area contributed by atoms with E-state index in [0.717, 1.165) is 0 Å². The highest BCUT2D eigenvalue weighted by atomic mass is 16.3. The standard InChI is InChI=1S/C13H16N4O2/c1-9-6-17(8-13(9,2)19)11(18)10-7-16-5-3-4-14-12(16)15-10/h3-5,7,9,19H,6,8H2,1-2H3/t9-,13+/m0/s1. The summed E-state index contributed by atoms with van der Waals surface area (Å²) in [5.41, 5.74) is -0.462. The molecule has 19 heavy (non-hydrogen) atoms. The fourth-order valence-electron chi connectivity index (χ4n) is 2.38. The summed E-state index contributed by atoms with van der Waals surface area (Å²) in [4.78, 5) is 22.3. The van der Waals surface area contributed by atoms with Crippen molar-refractivity contribution in [2.45, 2.75) is 19.4 Å². The molecule has 1 aliphatic heterocycles. The van der Waals surface area contributed by atoms with Gasteiger partial charge in [-0.2, -0.15) is 0 Å². The molecule has 0 saturated carbocycles. The minimum absolute atomic E-state index is 0.0617. The molecule has 100 valence electrons. The Hall–Kier alpha value is -1.95. The number of aliphatic hydroxyl groups is 1. The third kappa shape index (κ3) is 1.98. The molecule has 0 unspecified atom stereocenters. The molecule has 2 atom stereocenters. The molecular formula is C13H16N4O2. The van der Waals surface area contributed by atoms with Gasteiger partial charge < -0.3 is 10.0 Å². The Morgan fingerprint density at radius 2 is 2.37 bits per heavy atom. The van der Waals surface area contributed by atoms with Gasteiger partial charge in [0.2, 0.25) is 5.78 Å². The van der Waals surface area contributed by atoms with Gasteiger partial charge in [-0.05, 0) is 13.0 Å². The number of hydrogen-bond acceptors (Lipinski definition) is 4. The molecule has 0 bridgehead atoms. The van der Waals surface area contributed by atoms with E-state index in [2.05, 4.69) is 9.97 Å². The number of carbonyl (C=O) groups is 1. The van der Waals surface area contributed by atoms with Gasteiger partial charge in [0, 0.05) is 37.6 Å². The molecule has 0 aromatic carbocycles. The number of hydrogen-bond donors (Lipinski definition) is 1. The Morgan fingerprint density at radius 1 is 1.58 bits per heavy atom. The van der Waals surface area contributed by atoms with E-state index in [1.165, 1.54) is 0 Å². The van der Waals surface area contributed by atoms with Crippen molar-refractivity contribution in [3.63, 3.8) is 0 Å². The van der Waals surface area contributed by atoms with Crippen LogP contribution in [0.3, 0.4) is 0 Å². The average molecular weight is 260 g/mol. The smallest absolute Gasteiger partial charge is 0.274 e. The van der Waals surface area contributed by atoms with E-state index in [1.807, 2.05) is 6.92 Å². The molecule has 1 saturated heterocycles. The van der Waals surface area contributed by atoms with Crippen LogP contribution < -0.4 is 0 Å². The van der Waals surface area contributed by atoms with Crippen LogP contribution in [0.2, 0.25) is 0 Å². The fourth-order valence-corrected chi connectivity index (χ4v) is 2.38. The van der Waals surface area contributed by atoms with Crippen molar-refractivity contribution in [3.05, 3.63) is 30.4 Å². The molecule has 0 radical (unpaired) electrons. The second kappa shape index (κ2) is 4.03. The number of carbonyl (C=O) groups excluding carboxylic acids is 1. The first-order valence-electron chi connectivity index (χ1n) is 6.29. The molecule has 6 heteroatoms. The second-order valence-electron chi connectivity index (χ2n) is 5.40. The van der Waals surface area contributed by atoms with E-state index < -0.39 is 5.60 Å². The lowest BCUT2D eigenvalue weighted by Crippen LogP contribution is -2.35. The van der Waals surface area contributed by atoms with E-state index in [4.69, 9.17) is 0 Å². The Balaban J connectivity index is 1.88. The van der Waals surface area contributed by atoms with Crippen LogP contribution in [0.4, 0.5) is 0 Å². The number of fused-ring (bicyclic) bond motifs is 1. The molecule has 2 aromatic heterocycles. The monoisotopic (exact) mass is 260 g/mol. The fraction of sp³-hybridized carbons (Fsp3) is 0.462. The van der Waals surface area contributed by atoms with Crippen LogP contribution in [0.15, 0.2) is 24.7 Å². The molecule has 0 aliphatic carbocycles. The van der Waals surface area contributed by atoms with Gasteiger partial charge >= 0.3 is 0 Å². The van der Waals surface area contributed by atoms with Gasteiger partial charge in [0.15, 0.2) is 0 Å². The van der Waals surface area contributed by atoms with Crippen LogP contribution in [0.1, 0.15) is 24.3 Å². The van der Waals surface area contributed by atoms with Gasteiger partial charge in [-0.3, -0.25) is 9.20 Å². The number of imidazole rings is 1. The van der Waals surface area contributed by atoms with Gasteiger partial charge in [0.05, 0.1) is 5.60 Å². The number of aromatic nitrogens is 3. The van der Waals surface area contributed by atoms with Crippen molar-refractivity contribution in [2.75, 3.05) is 13.1 Å². The molecule has 3 rings (SSSR count). The predicted molar refractivity (Wildman–Crippen MR) is 68.7 cm³/mol. The van der Waals surface area contributed by atoms with Gasteiger partial charge in [0.1, 0.15) is 5.69 Å². The summed E-state index contributed by atoms with van der Waals surface area (Å²) in [5, 5.41) is 10.1. The molecule has 2 aromatic rings. The normalized spacial score (nSPS) is 27.1. The van der Waals surface area contributed by atoms with Crippen LogP contribution in [0.25, 0.3) is 5.78 Å². The average Bonchev–Trinajstić information content (AvgIpc) is 2.90. The van der Waals surface area contributed by atoms with Crippen LogP contribution in [-0.4, -0.2) is 49.0 Å². The molecule has 0 spiro atoms. The van der Waals surface area contributed by atoms with E-state index in [-0.39, 0.29) is 11.8 Å². The zero-order valence-electron chi connectivity index (χ0n) is 10.9. The summed E-state index contributed by atoms with van der Waals surface area (Å²) < 4.78 is 1.71. The van der Waals surface area contributed by atoms with Crippen molar-refractivity contribution in [3.8, 4) is 0 Å². The molecule has 1 amide bonds. The maximum atomic E-state index is 12.4. The molecule has 6 nitrogen and oxygen atoms in total. The van der Waals surface area contributed by atoms with E-state index in [9.17, 15) is 9.90 Å². The largest absolute Gasteiger partial charge is 0.388 e. The maximum absolute atomic E-state index is 12.4. The zero-order chi connectivity index (χ0) is 13.6. The topological polar surface area (TPSA) is 70.7 Å². The summed E-state index contributed by atoms with van der Waals surface area (Å²) in [6.45, 7) is 4.59. The maximum Gasteiger partial charge on any atom is 0.274 e. The zero-order valence-corrected chi connectivity index (χ0v) is 10.9. The van der Waals surface area contributed by atoms with Gasteiger partial charge in [-0.15, -0.1) is 0 Å². The number of nitrogens with zero attached hydrogens (tertiary/aromatic N) is 4. The van der Waals surface area contributed by atoms with Crippen molar-refractivity contribution in [1.29, 1.82) is 0 Å². The summed E-state index contributed by atoms with van der Waals surface area (Å²) in [7, 11) is 0. The molecule has 1 N–H and O–H groups in total. The van der Waals surface area contributed by atoms with Gasteiger partial charge in [-0.25, -0.2) is 9.97 Å². The number of likely N-dealkylation sites (tertiary alicyclic amines) is 1. The lowest BCUT2D eigenvalue weighted by molar-refractivity contribution is 0.0350. The van der Waals surface area contributed by atoms with Crippen LogP contribution >= 0.6 is 0 Å². The lowest BCUT2D eigenvalue weighted by Gasteiger charge is -2.20. The van der Waals surface area contributed by atoms with Crippen molar-refractivity contribution in [2.24, 2.45) is 5.92 Å². The van der Waals surface area contributed by atoms with Crippen molar-refractivity contribution < 1.29 is 9.90 Å². The van der Waals surface area contributed by atoms with Crippen LogP contribution in [-0.2, 0) is 0 Å². The SMILES string of the molecule is C[C@H]1CN(C(=O)c2cn3cccnc3n2)C[C@@]1(C)O. The van der Waals surface area contributed by atoms with Crippen LogP contribution in [0, 0.1) is 5.92 Å². The molecular weight excluding hydrogens is 244 g/mol. The van der Waals surface area contributed by atoms with Crippen molar-refractivity contribution >= 4 is 11.7 Å². The third-order valence-electron chi connectivity index (χ3n) is 3.81. The molecule has 1 fully saturated rings. The van der Waals surface area contributed by atoms with Crippen molar-refractivity contribution in [1.82, 2.24) is 19.3 Å². The quantitative estimate of drug-likeness (QED) is 0.814. The Labute approximate surface area is 110 Å². The number of amides is 1. The summed E-state index contributed by atoms with van der Waals surface area (Å²) in [5.74, 6) is 0.409. The first-order valence-corrected chi connectivity index (χ1v) is 6.29. The van der Waals surface area contributed by atoms with Gasteiger partial charge in [-0.1, -0.05) is 6.92 Å². The second-order valence-corrected chi connectivity index (χ2v) is 5.40. The molecule has 3 heterocycles. The summed E-state index contributed by atoms with van der Waals surface area (Å²) in [6, 6.07) is 1.78. The van der Waals surface area contributed by atoms with Crippen LogP contribution in [0.5, 0.6) is 0 Å². The van der Waals surface area contributed by atoms with E-state index >= 15 is 0 Å². The highest BCUT2D eigenvalue weighted by molar-refractivity contribution is 5.93. The Bertz CT molecular complexity index is 601. The minimum Gasteiger partial charge on any atom is -0.388 e. The number of rotatable bonds is 1. The first kappa shape index (κ1) is 12.1. The minimum atomic E-state index is -0.826. The first-order chi connectivity index (χ1) is 8.97. The third-order valence-corrected chi connectivity index (χ3v) is 3.81. The number of β-amino-alcohol motifs (C(OH)–C–C–N with tert-alkyl or cyclic N) is 1. The Morgan fingerprint density at radius 3 is 3.00 bits per heavy atom. The highest BCUT2D eigenvalue weighted by Gasteiger charge is 2.41. The highest BCUT2D eigenvalue weighted by Crippen LogP contribution is 2.27. The summed E-state index contributed by atoms with van der Waals surface area (Å²) in [6.07, 6.45) is 5.11. The predicted octanol–water partition coefficient (Wildman–Crippen LogP) is 0.572. The summed E-state index contributed by atoms with van der Waals surface area (Å²) >= 11 is 0. The molecule has 1 aliphatic rings. The van der Waals surface area contributed by atoms with Gasteiger partial charge in [0.25, 0.3) is 5.91 Å². The Kier molecular flexibility index (Phi) is 2.56. The lowest BCUT2D eigenvalue weighted by atomic mass is 9.95. The van der Waals surface area contributed by atoms with E-state index in [0.29, 0.717) is 24.6 Å².